The lowest BCUT2D eigenvalue weighted by molar-refractivity contribution is -0.116. The molecule has 9 nitrogen and oxygen atoms in total. The summed E-state index contributed by atoms with van der Waals surface area (Å²) in [6.45, 7) is 0.152. The number of nitrogen functional groups attached to an aromatic ring is 1. The summed E-state index contributed by atoms with van der Waals surface area (Å²) in [7, 11) is 0. The number of hydrogen-bond donors (Lipinski definition) is 2. The number of carbonyl (C=O) groups is 2. The average molecular weight is 634 g/mol. The molecule has 3 N–H and O–H groups in total. The van der Waals surface area contributed by atoms with Gasteiger partial charge in [-0.25, -0.2) is 13.8 Å². The van der Waals surface area contributed by atoms with E-state index in [-0.39, 0.29) is 44.3 Å². The Morgan fingerprint density at radius 2 is 1.77 bits per heavy atom. The highest BCUT2D eigenvalue weighted by molar-refractivity contribution is 5.98. The number of halogens is 2. The van der Waals surface area contributed by atoms with Crippen molar-refractivity contribution in [2.75, 3.05) is 18.8 Å². The first-order valence-electron chi connectivity index (χ1n) is 15.1. The molecule has 47 heavy (non-hydrogen) atoms. The van der Waals surface area contributed by atoms with Gasteiger partial charge in [-0.15, -0.1) is 0 Å². The molecule has 2 aromatic carbocycles. The van der Waals surface area contributed by atoms with Gasteiger partial charge in [0.05, 0.1) is 23.4 Å². The maximum Gasteiger partial charge on any atom is 0.255 e. The van der Waals surface area contributed by atoms with Gasteiger partial charge >= 0.3 is 0 Å². The number of hydrogen-bond acceptors (Lipinski definition) is 7. The van der Waals surface area contributed by atoms with Gasteiger partial charge in [0.15, 0.2) is 0 Å². The van der Waals surface area contributed by atoms with E-state index in [2.05, 4.69) is 15.3 Å². The van der Waals surface area contributed by atoms with Crippen LogP contribution in [0.25, 0.3) is 50.6 Å². The molecule has 2 amide bonds. The summed E-state index contributed by atoms with van der Waals surface area (Å²) >= 11 is 0. The molecule has 11 heteroatoms. The van der Waals surface area contributed by atoms with Crippen LogP contribution in [0.1, 0.15) is 34.5 Å². The van der Waals surface area contributed by atoms with Gasteiger partial charge in [0.25, 0.3) is 11.8 Å². The van der Waals surface area contributed by atoms with Crippen molar-refractivity contribution in [3.05, 3.63) is 108 Å². The van der Waals surface area contributed by atoms with E-state index in [1.165, 1.54) is 17.2 Å². The Morgan fingerprint density at radius 3 is 2.51 bits per heavy atom. The summed E-state index contributed by atoms with van der Waals surface area (Å²) in [6, 6.07) is 22.1. The number of pyridine rings is 2. The van der Waals surface area contributed by atoms with Gasteiger partial charge in [0.1, 0.15) is 28.5 Å². The van der Waals surface area contributed by atoms with Crippen LogP contribution in [0.3, 0.4) is 0 Å². The summed E-state index contributed by atoms with van der Waals surface area (Å²) in [6.07, 6.45) is 5.41. The lowest BCUT2D eigenvalue weighted by Gasteiger charge is -2.31. The fraction of sp³-hybridized carbons (Fsp3) is 0.167. The number of amides is 2. The van der Waals surface area contributed by atoms with Crippen LogP contribution in [0.4, 0.5) is 14.6 Å². The maximum atomic E-state index is 13.6. The van der Waals surface area contributed by atoms with E-state index in [0.717, 1.165) is 27.5 Å². The van der Waals surface area contributed by atoms with E-state index >= 15 is 0 Å². The minimum atomic E-state index is -2.74. The van der Waals surface area contributed by atoms with Gasteiger partial charge in [0, 0.05) is 60.7 Å². The summed E-state index contributed by atoms with van der Waals surface area (Å²) in [5, 5.41) is 4.53. The second kappa shape index (κ2) is 12.2. The molecule has 7 rings (SSSR count). The molecule has 1 fully saturated rings. The third-order valence-corrected chi connectivity index (χ3v) is 8.12. The largest absolute Gasteiger partial charge is 0.458 e. The minimum absolute atomic E-state index is 0.00470. The number of benzene rings is 2. The summed E-state index contributed by atoms with van der Waals surface area (Å²) in [5.74, 6) is -1.84. The van der Waals surface area contributed by atoms with Gasteiger partial charge in [-0.1, -0.05) is 18.2 Å². The Morgan fingerprint density at radius 1 is 0.936 bits per heavy atom. The highest BCUT2D eigenvalue weighted by Crippen LogP contribution is 2.38. The molecule has 0 radical (unpaired) electrons. The SMILES string of the molecule is Nc1ccc(/C=C/C(=O)NCc2cc3cc(-c4ccc(C(=O)N5CCC(F)(F)CC5)cn4)cc(-c4cc5ccccc5o4)c3o2)cn1. The predicted molar refractivity (Wildman–Crippen MR) is 174 cm³/mol. The first-order valence-corrected chi connectivity index (χ1v) is 15.1. The van der Waals surface area contributed by atoms with Crippen molar-refractivity contribution in [3.63, 3.8) is 0 Å². The fourth-order valence-corrected chi connectivity index (χ4v) is 5.57. The molecule has 6 aromatic rings. The van der Waals surface area contributed by atoms with Gasteiger partial charge in [-0.3, -0.25) is 14.6 Å². The number of nitrogens with two attached hydrogens (primary N) is 1. The number of carbonyl (C=O) groups excluding carboxylic acids is 2. The molecule has 5 heterocycles. The summed E-state index contributed by atoms with van der Waals surface area (Å²) in [4.78, 5) is 35.5. The van der Waals surface area contributed by atoms with E-state index in [1.807, 2.05) is 48.5 Å². The van der Waals surface area contributed by atoms with Crippen LogP contribution >= 0.6 is 0 Å². The molecule has 1 aliphatic heterocycles. The topological polar surface area (TPSA) is 127 Å². The lowest BCUT2D eigenvalue weighted by Crippen LogP contribution is -2.42. The predicted octanol–water partition coefficient (Wildman–Crippen LogP) is 7.09. The highest BCUT2D eigenvalue weighted by atomic mass is 19.3. The third-order valence-electron chi connectivity index (χ3n) is 8.12. The number of alkyl halides is 2. The summed E-state index contributed by atoms with van der Waals surface area (Å²) in [5.41, 5.74) is 10.0. The maximum absolute atomic E-state index is 13.6. The molecule has 0 unspecified atom stereocenters. The van der Waals surface area contributed by atoms with Crippen LogP contribution < -0.4 is 11.1 Å². The van der Waals surface area contributed by atoms with E-state index in [0.29, 0.717) is 39.7 Å². The molecule has 236 valence electrons. The van der Waals surface area contributed by atoms with Crippen LogP contribution in [0.5, 0.6) is 0 Å². The third kappa shape index (κ3) is 6.46. The van der Waals surface area contributed by atoms with Crippen LogP contribution in [0.15, 0.2) is 100 Å². The second-order valence-corrected chi connectivity index (χ2v) is 11.5. The lowest BCUT2D eigenvalue weighted by atomic mass is 10.0. The number of aromatic nitrogens is 2. The molecular formula is C36H29F2N5O4. The van der Waals surface area contributed by atoms with Crippen molar-refractivity contribution in [2.45, 2.75) is 25.3 Å². The molecule has 1 aliphatic rings. The van der Waals surface area contributed by atoms with E-state index in [9.17, 15) is 18.4 Å². The molecule has 1 saturated heterocycles. The fourth-order valence-electron chi connectivity index (χ4n) is 5.57. The number of para-hydroxylation sites is 1. The number of fused-ring (bicyclic) bond motifs is 2. The van der Waals surface area contributed by atoms with E-state index < -0.39 is 5.92 Å². The number of rotatable bonds is 7. The number of anilines is 1. The number of piperidine rings is 1. The standard InChI is InChI=1S/C36H29F2N5O4/c37-36(38)11-13-43(14-12-36)35(45)24-7-8-29(40-20-24)25-15-26-16-27(21-42-33(44)10-6-22-5-9-32(39)41-19-22)46-34(26)28(17-25)31-18-23-3-1-2-4-30(23)47-31/h1-10,15-20H,11-14,21H2,(H2,39,41)(H,42,44)/b10-6+. The Hall–Kier alpha value is -5.84. The van der Waals surface area contributed by atoms with Gasteiger partial charge in [0.2, 0.25) is 5.91 Å². The van der Waals surface area contributed by atoms with Crippen molar-refractivity contribution >= 4 is 45.6 Å². The van der Waals surface area contributed by atoms with Crippen LogP contribution in [0.2, 0.25) is 0 Å². The Kier molecular flexibility index (Phi) is 7.72. The van der Waals surface area contributed by atoms with Crippen molar-refractivity contribution in [1.29, 1.82) is 0 Å². The first-order chi connectivity index (χ1) is 22.7. The molecule has 0 saturated carbocycles. The minimum Gasteiger partial charge on any atom is -0.458 e. The first kappa shape index (κ1) is 29.8. The number of furan rings is 2. The zero-order valence-corrected chi connectivity index (χ0v) is 25.1. The smallest absolute Gasteiger partial charge is 0.255 e. The van der Waals surface area contributed by atoms with E-state index in [4.69, 9.17) is 14.6 Å². The molecule has 0 aliphatic carbocycles. The molecule has 0 atom stereocenters. The number of likely N-dealkylation sites (tertiary alicyclic amines) is 1. The Balaban J connectivity index is 1.17. The van der Waals surface area contributed by atoms with Gasteiger partial charge < -0.3 is 24.8 Å². The Labute approximate surface area is 267 Å². The average Bonchev–Trinajstić information content (AvgIpc) is 3.71. The molecule has 4 aromatic heterocycles. The molecular weight excluding hydrogens is 604 g/mol. The Bertz CT molecular complexity index is 2090. The van der Waals surface area contributed by atoms with Crippen LogP contribution in [-0.4, -0.2) is 45.7 Å². The van der Waals surface area contributed by atoms with Crippen LogP contribution in [0, 0.1) is 0 Å². The van der Waals surface area contributed by atoms with Crippen LogP contribution in [-0.2, 0) is 11.3 Å². The van der Waals surface area contributed by atoms with E-state index in [1.54, 1.807) is 36.5 Å². The van der Waals surface area contributed by atoms with Crippen molar-refractivity contribution < 1.29 is 27.2 Å². The van der Waals surface area contributed by atoms with Gasteiger partial charge in [-0.05, 0) is 66.2 Å². The van der Waals surface area contributed by atoms with Crippen molar-refractivity contribution in [2.24, 2.45) is 0 Å². The zero-order chi connectivity index (χ0) is 32.5. The summed E-state index contributed by atoms with van der Waals surface area (Å²) < 4.78 is 39.7. The van der Waals surface area contributed by atoms with Gasteiger partial charge in [-0.2, -0.15) is 0 Å². The van der Waals surface area contributed by atoms with Crippen molar-refractivity contribution in [3.8, 4) is 22.6 Å². The zero-order valence-electron chi connectivity index (χ0n) is 25.1. The molecule has 0 spiro atoms. The monoisotopic (exact) mass is 633 g/mol. The number of nitrogens with one attached hydrogen (secondary N) is 1. The normalized spacial score (nSPS) is 14.6. The van der Waals surface area contributed by atoms with Crippen molar-refractivity contribution in [1.82, 2.24) is 20.2 Å². The quantitative estimate of drug-likeness (QED) is 0.180. The molecule has 0 bridgehead atoms. The second-order valence-electron chi connectivity index (χ2n) is 11.5. The highest BCUT2D eigenvalue weighted by Gasteiger charge is 2.35. The number of nitrogens with zero attached hydrogens (tertiary/aromatic N) is 3.